The summed E-state index contributed by atoms with van der Waals surface area (Å²) in [5, 5.41) is 10.8. The first kappa shape index (κ1) is 24.4. The van der Waals surface area contributed by atoms with E-state index in [0.29, 0.717) is 46.9 Å². The average molecular weight is 531 g/mol. The van der Waals surface area contributed by atoms with Gasteiger partial charge in [0.1, 0.15) is 5.82 Å². The molecular weight excluding hydrogens is 510 g/mol. The lowest BCUT2D eigenvalue weighted by atomic mass is 9.97. The molecule has 1 aliphatic carbocycles. The molecule has 3 aromatic carbocycles. The van der Waals surface area contributed by atoms with E-state index in [0.717, 1.165) is 12.1 Å². The first-order valence-corrected chi connectivity index (χ1v) is 13.0. The second-order valence-corrected chi connectivity index (χ2v) is 10.7. The normalized spacial score (nSPS) is 15.3. The standard InChI is InChI=1S/C25H21ClF2N4O3S/c1-2-12-7-13(8-14-11-30-25(29)31-24(12)14)22-18(27)4-5-19(23(22)28)32-36(34,35)21-10-15(26)9-17-16(21)3-6-20(17)33/h4-5,7-11,20,32-33H,2-3,6H2,1H3,(H2,29,30,31). The molecule has 1 unspecified atom stereocenters. The first-order chi connectivity index (χ1) is 17.1. The van der Waals surface area contributed by atoms with Gasteiger partial charge in [-0.05, 0) is 77.9 Å². The third-order valence-electron chi connectivity index (χ3n) is 6.31. The first-order valence-electron chi connectivity index (χ1n) is 11.2. The van der Waals surface area contributed by atoms with Crippen LogP contribution in [0.2, 0.25) is 5.02 Å². The number of nitrogens with one attached hydrogen (secondary N) is 1. The molecule has 1 heterocycles. The van der Waals surface area contributed by atoms with E-state index < -0.39 is 39.0 Å². The van der Waals surface area contributed by atoms with Gasteiger partial charge in [0, 0.05) is 16.6 Å². The molecule has 0 bridgehead atoms. The number of nitrogens with two attached hydrogens (primary N) is 1. The Bertz CT molecular complexity index is 1650. The Balaban J connectivity index is 1.61. The van der Waals surface area contributed by atoms with Crippen molar-refractivity contribution in [3.8, 4) is 11.1 Å². The second-order valence-electron chi connectivity index (χ2n) is 8.57. The van der Waals surface area contributed by atoms with Gasteiger partial charge in [-0.3, -0.25) is 4.72 Å². The highest BCUT2D eigenvalue weighted by molar-refractivity contribution is 7.92. The topological polar surface area (TPSA) is 118 Å². The van der Waals surface area contributed by atoms with Crippen LogP contribution in [0.1, 0.15) is 36.1 Å². The van der Waals surface area contributed by atoms with Gasteiger partial charge >= 0.3 is 0 Å². The molecule has 11 heteroatoms. The van der Waals surface area contributed by atoms with Gasteiger partial charge in [-0.15, -0.1) is 0 Å². The van der Waals surface area contributed by atoms with E-state index in [1.807, 2.05) is 6.92 Å². The number of fused-ring (bicyclic) bond motifs is 2. The van der Waals surface area contributed by atoms with Gasteiger partial charge in [-0.2, -0.15) is 0 Å². The van der Waals surface area contributed by atoms with Crippen molar-refractivity contribution in [3.63, 3.8) is 0 Å². The molecule has 1 aromatic heterocycles. The number of aromatic nitrogens is 2. The van der Waals surface area contributed by atoms with E-state index in [1.54, 1.807) is 6.07 Å². The molecule has 0 radical (unpaired) electrons. The van der Waals surface area contributed by atoms with Crippen LogP contribution in [0.25, 0.3) is 22.0 Å². The minimum absolute atomic E-state index is 0.0822. The number of anilines is 2. The van der Waals surface area contributed by atoms with Gasteiger partial charge in [-0.25, -0.2) is 27.2 Å². The van der Waals surface area contributed by atoms with Crippen LogP contribution in [0.3, 0.4) is 0 Å². The highest BCUT2D eigenvalue weighted by atomic mass is 35.5. The molecule has 0 fully saturated rings. The fourth-order valence-electron chi connectivity index (χ4n) is 4.62. The fourth-order valence-corrected chi connectivity index (χ4v) is 6.29. The van der Waals surface area contributed by atoms with Crippen molar-refractivity contribution in [3.05, 3.63) is 75.9 Å². The van der Waals surface area contributed by atoms with Crippen LogP contribution in [-0.2, 0) is 22.9 Å². The van der Waals surface area contributed by atoms with E-state index in [1.165, 1.54) is 24.4 Å². The Kier molecular flexibility index (Phi) is 6.06. The van der Waals surface area contributed by atoms with Gasteiger partial charge in [-0.1, -0.05) is 18.5 Å². The SMILES string of the molecule is CCc1cc(-c2c(F)ccc(NS(=O)(=O)c3cc(Cl)cc4c3CCC4O)c2F)cc2cnc(N)nc12. The molecule has 0 amide bonds. The highest BCUT2D eigenvalue weighted by Gasteiger charge is 2.30. The molecule has 36 heavy (non-hydrogen) atoms. The Morgan fingerprint density at radius 3 is 2.75 bits per heavy atom. The summed E-state index contributed by atoms with van der Waals surface area (Å²) in [7, 11) is -4.31. The molecule has 4 N–H and O–H groups in total. The van der Waals surface area contributed by atoms with Crippen LogP contribution < -0.4 is 10.5 Å². The van der Waals surface area contributed by atoms with Crippen LogP contribution in [0, 0.1) is 11.6 Å². The van der Waals surface area contributed by atoms with E-state index in [9.17, 15) is 17.9 Å². The van der Waals surface area contributed by atoms with Crippen LogP contribution in [-0.4, -0.2) is 23.5 Å². The number of nitrogens with zero attached hydrogens (tertiary/aromatic N) is 2. The lowest BCUT2D eigenvalue weighted by molar-refractivity contribution is 0.180. The smallest absolute Gasteiger partial charge is 0.262 e. The molecule has 0 aliphatic heterocycles. The van der Waals surface area contributed by atoms with Crippen LogP contribution in [0.5, 0.6) is 0 Å². The number of benzene rings is 3. The monoisotopic (exact) mass is 530 g/mol. The largest absolute Gasteiger partial charge is 0.388 e. The van der Waals surface area contributed by atoms with E-state index >= 15 is 4.39 Å². The molecule has 186 valence electrons. The maximum absolute atomic E-state index is 15.7. The van der Waals surface area contributed by atoms with Crippen molar-refractivity contribution >= 4 is 44.2 Å². The quantitative estimate of drug-likeness (QED) is 0.328. The van der Waals surface area contributed by atoms with Gasteiger partial charge in [0.15, 0.2) is 5.82 Å². The predicted molar refractivity (Wildman–Crippen MR) is 134 cm³/mol. The summed E-state index contributed by atoms with van der Waals surface area (Å²) in [4.78, 5) is 8.03. The van der Waals surface area contributed by atoms with Crippen molar-refractivity contribution in [1.82, 2.24) is 9.97 Å². The summed E-state index contributed by atoms with van der Waals surface area (Å²) in [6.45, 7) is 1.87. The third kappa shape index (κ3) is 4.15. The Hall–Kier alpha value is -3.34. The molecule has 7 nitrogen and oxygen atoms in total. The number of sulfonamides is 1. The maximum Gasteiger partial charge on any atom is 0.262 e. The summed E-state index contributed by atoms with van der Waals surface area (Å²) in [5.41, 5.74) is 7.20. The summed E-state index contributed by atoms with van der Waals surface area (Å²) in [5.74, 6) is -1.85. The Morgan fingerprint density at radius 2 is 2.00 bits per heavy atom. The van der Waals surface area contributed by atoms with Crippen LogP contribution in [0.15, 0.2) is 47.5 Å². The molecule has 0 saturated heterocycles. The van der Waals surface area contributed by atoms with Gasteiger partial charge in [0.05, 0.1) is 27.8 Å². The number of halogens is 3. The van der Waals surface area contributed by atoms with Crippen molar-refractivity contribution in [2.45, 2.75) is 37.2 Å². The predicted octanol–water partition coefficient (Wildman–Crippen LogP) is 5.15. The number of aliphatic hydroxyl groups is 1. The summed E-state index contributed by atoms with van der Waals surface area (Å²) < 4.78 is 59.4. The number of aryl methyl sites for hydroxylation is 1. The lowest BCUT2D eigenvalue weighted by Crippen LogP contribution is -2.16. The molecular formula is C25H21ClF2N4O3S. The van der Waals surface area contributed by atoms with Crippen molar-refractivity contribution in [1.29, 1.82) is 0 Å². The van der Waals surface area contributed by atoms with Crippen LogP contribution in [0.4, 0.5) is 20.4 Å². The van der Waals surface area contributed by atoms with E-state index in [-0.39, 0.29) is 21.4 Å². The molecule has 5 rings (SSSR count). The van der Waals surface area contributed by atoms with Gasteiger partial charge < -0.3 is 10.8 Å². The molecule has 0 saturated carbocycles. The zero-order chi connectivity index (χ0) is 25.8. The maximum atomic E-state index is 15.7. The number of nitrogen functional groups attached to an aromatic ring is 1. The van der Waals surface area contributed by atoms with Crippen molar-refractivity contribution < 1.29 is 22.3 Å². The fraction of sp³-hybridized carbons (Fsp3) is 0.200. The molecule has 1 atom stereocenters. The zero-order valence-corrected chi connectivity index (χ0v) is 20.6. The number of hydrogen-bond donors (Lipinski definition) is 3. The minimum atomic E-state index is -4.31. The van der Waals surface area contributed by atoms with Crippen molar-refractivity contribution in [2.75, 3.05) is 10.5 Å². The number of hydrogen-bond acceptors (Lipinski definition) is 6. The number of aliphatic hydroxyl groups excluding tert-OH is 1. The summed E-state index contributed by atoms with van der Waals surface area (Å²) in [6, 6.07) is 7.92. The average Bonchev–Trinajstić information content (AvgIpc) is 3.20. The van der Waals surface area contributed by atoms with Gasteiger partial charge in [0.25, 0.3) is 10.0 Å². The highest BCUT2D eigenvalue weighted by Crippen LogP contribution is 2.39. The van der Waals surface area contributed by atoms with E-state index in [4.69, 9.17) is 17.3 Å². The lowest BCUT2D eigenvalue weighted by Gasteiger charge is -2.16. The molecule has 1 aliphatic rings. The third-order valence-corrected chi connectivity index (χ3v) is 7.96. The molecule has 4 aromatic rings. The minimum Gasteiger partial charge on any atom is -0.388 e. The van der Waals surface area contributed by atoms with Crippen molar-refractivity contribution in [2.24, 2.45) is 0 Å². The van der Waals surface area contributed by atoms with Crippen LogP contribution >= 0.6 is 11.6 Å². The second kappa shape index (κ2) is 8.95. The zero-order valence-electron chi connectivity index (χ0n) is 19.0. The Morgan fingerprint density at radius 1 is 1.22 bits per heavy atom. The summed E-state index contributed by atoms with van der Waals surface area (Å²) >= 11 is 6.10. The number of rotatable bonds is 5. The summed E-state index contributed by atoms with van der Waals surface area (Å²) in [6.07, 6.45) is 1.83. The van der Waals surface area contributed by atoms with E-state index in [2.05, 4.69) is 14.7 Å². The molecule has 0 spiro atoms. The van der Waals surface area contributed by atoms with Gasteiger partial charge in [0.2, 0.25) is 5.95 Å². The Labute approximate surface area is 211 Å².